The molecular formula is C15H23NO. The van der Waals surface area contributed by atoms with E-state index in [4.69, 9.17) is 5.11 Å². The molecule has 1 saturated carbocycles. The molecule has 0 aromatic heterocycles. The molecule has 94 valence electrons. The van der Waals surface area contributed by atoms with Crippen LogP contribution in [0.25, 0.3) is 0 Å². The molecule has 0 heterocycles. The molecule has 0 atom stereocenters. The van der Waals surface area contributed by atoms with Crippen LogP contribution in [0.1, 0.15) is 50.2 Å². The van der Waals surface area contributed by atoms with Gasteiger partial charge >= 0.3 is 0 Å². The lowest BCUT2D eigenvalue weighted by Crippen LogP contribution is -2.43. The van der Waals surface area contributed by atoms with Crippen molar-refractivity contribution in [1.29, 1.82) is 0 Å². The van der Waals surface area contributed by atoms with Crippen molar-refractivity contribution >= 4 is 0 Å². The first-order valence-corrected chi connectivity index (χ1v) is 6.66. The number of hydrogen-bond acceptors (Lipinski definition) is 2. The van der Waals surface area contributed by atoms with Gasteiger partial charge in [-0.25, -0.2) is 0 Å². The number of benzene rings is 1. The van der Waals surface area contributed by atoms with Crippen molar-refractivity contribution in [2.45, 2.75) is 57.7 Å². The lowest BCUT2D eigenvalue weighted by Gasteiger charge is -2.34. The molecular weight excluding hydrogens is 210 g/mol. The van der Waals surface area contributed by atoms with Crippen LogP contribution in [0.3, 0.4) is 0 Å². The summed E-state index contributed by atoms with van der Waals surface area (Å²) in [5, 5.41) is 12.7. The summed E-state index contributed by atoms with van der Waals surface area (Å²) >= 11 is 0. The zero-order valence-corrected chi connectivity index (χ0v) is 10.7. The minimum absolute atomic E-state index is 0.130. The van der Waals surface area contributed by atoms with Gasteiger partial charge in [0.2, 0.25) is 0 Å². The molecule has 0 spiro atoms. The molecule has 2 nitrogen and oxygen atoms in total. The van der Waals surface area contributed by atoms with Crippen LogP contribution in [-0.2, 0) is 13.2 Å². The largest absolute Gasteiger partial charge is 0.392 e. The third kappa shape index (κ3) is 3.55. The quantitative estimate of drug-likeness (QED) is 0.838. The van der Waals surface area contributed by atoms with Crippen molar-refractivity contribution in [3.8, 4) is 0 Å². The van der Waals surface area contributed by atoms with E-state index in [1.54, 1.807) is 0 Å². The van der Waals surface area contributed by atoms with E-state index < -0.39 is 0 Å². The number of aliphatic hydroxyl groups excluding tert-OH is 1. The molecule has 0 radical (unpaired) electrons. The van der Waals surface area contributed by atoms with Crippen molar-refractivity contribution in [1.82, 2.24) is 5.32 Å². The highest BCUT2D eigenvalue weighted by molar-refractivity contribution is 5.22. The third-order valence-electron chi connectivity index (χ3n) is 3.88. The maximum absolute atomic E-state index is 8.99. The van der Waals surface area contributed by atoms with Gasteiger partial charge in [-0.15, -0.1) is 0 Å². The van der Waals surface area contributed by atoms with Gasteiger partial charge in [0, 0.05) is 12.1 Å². The van der Waals surface area contributed by atoms with Gasteiger partial charge < -0.3 is 10.4 Å². The third-order valence-corrected chi connectivity index (χ3v) is 3.88. The predicted octanol–water partition coefficient (Wildman–Crippen LogP) is 2.99. The molecule has 1 aliphatic rings. The van der Waals surface area contributed by atoms with E-state index >= 15 is 0 Å². The molecule has 1 aromatic carbocycles. The first-order valence-electron chi connectivity index (χ1n) is 6.66. The van der Waals surface area contributed by atoms with Crippen LogP contribution in [0.4, 0.5) is 0 Å². The van der Waals surface area contributed by atoms with E-state index in [0.29, 0.717) is 5.54 Å². The smallest absolute Gasteiger partial charge is 0.0681 e. The lowest BCUT2D eigenvalue weighted by atomic mass is 9.83. The molecule has 1 aliphatic carbocycles. The molecule has 1 fully saturated rings. The Morgan fingerprint density at radius 1 is 1.06 bits per heavy atom. The minimum atomic E-state index is 0.130. The molecule has 1 aromatic rings. The second kappa shape index (κ2) is 5.65. The average molecular weight is 233 g/mol. The maximum atomic E-state index is 8.99. The van der Waals surface area contributed by atoms with Crippen LogP contribution in [0.15, 0.2) is 24.3 Å². The maximum Gasteiger partial charge on any atom is 0.0681 e. The summed E-state index contributed by atoms with van der Waals surface area (Å²) in [6.45, 7) is 3.40. The van der Waals surface area contributed by atoms with Gasteiger partial charge in [-0.1, -0.05) is 43.5 Å². The van der Waals surface area contributed by atoms with E-state index in [9.17, 15) is 0 Å². The van der Waals surface area contributed by atoms with E-state index in [2.05, 4.69) is 24.4 Å². The summed E-state index contributed by atoms with van der Waals surface area (Å²) in [5.74, 6) is 0. The summed E-state index contributed by atoms with van der Waals surface area (Å²) in [5.41, 5.74) is 2.61. The fraction of sp³-hybridized carbons (Fsp3) is 0.600. The van der Waals surface area contributed by atoms with Gasteiger partial charge in [0.25, 0.3) is 0 Å². The van der Waals surface area contributed by atoms with E-state index in [-0.39, 0.29) is 6.61 Å². The Hall–Kier alpha value is -0.860. The Kier molecular flexibility index (Phi) is 4.19. The number of hydrogen-bond donors (Lipinski definition) is 2. The highest BCUT2D eigenvalue weighted by Gasteiger charge is 2.25. The van der Waals surface area contributed by atoms with Gasteiger partial charge in [-0.05, 0) is 30.9 Å². The number of aliphatic hydroxyl groups is 1. The fourth-order valence-corrected chi connectivity index (χ4v) is 2.59. The normalized spacial score (nSPS) is 19.2. The van der Waals surface area contributed by atoms with Crippen LogP contribution in [0, 0.1) is 0 Å². The molecule has 0 saturated heterocycles. The van der Waals surface area contributed by atoms with E-state index in [1.165, 1.54) is 37.7 Å². The molecule has 0 aliphatic heterocycles. The zero-order valence-electron chi connectivity index (χ0n) is 10.7. The topological polar surface area (TPSA) is 32.3 Å². The standard InChI is InChI=1S/C15H23NO/c1-15(9-3-2-4-10-15)16-11-13-5-7-14(12-17)8-6-13/h5-8,16-17H,2-4,9-12H2,1H3. The van der Waals surface area contributed by atoms with Crippen LogP contribution < -0.4 is 5.32 Å². The van der Waals surface area contributed by atoms with Gasteiger partial charge in [-0.3, -0.25) is 0 Å². The average Bonchev–Trinajstić information content (AvgIpc) is 2.38. The van der Waals surface area contributed by atoms with Crippen molar-refractivity contribution in [3.63, 3.8) is 0 Å². The van der Waals surface area contributed by atoms with Crippen LogP contribution >= 0.6 is 0 Å². The molecule has 17 heavy (non-hydrogen) atoms. The second-order valence-electron chi connectivity index (χ2n) is 5.45. The Morgan fingerprint density at radius 2 is 1.65 bits per heavy atom. The molecule has 0 amide bonds. The fourth-order valence-electron chi connectivity index (χ4n) is 2.59. The van der Waals surface area contributed by atoms with Gasteiger partial charge in [-0.2, -0.15) is 0 Å². The first kappa shape index (κ1) is 12.6. The molecule has 2 N–H and O–H groups in total. The summed E-state index contributed by atoms with van der Waals surface area (Å²) in [6, 6.07) is 8.20. The first-order chi connectivity index (χ1) is 8.22. The molecule has 0 unspecified atom stereocenters. The van der Waals surface area contributed by atoms with Gasteiger partial charge in [0.1, 0.15) is 0 Å². The summed E-state index contributed by atoms with van der Waals surface area (Å²) in [7, 11) is 0. The van der Waals surface area contributed by atoms with Crippen LogP contribution in [0.5, 0.6) is 0 Å². The highest BCUT2D eigenvalue weighted by atomic mass is 16.3. The summed E-state index contributed by atoms with van der Waals surface area (Å²) < 4.78 is 0. The number of rotatable bonds is 4. The van der Waals surface area contributed by atoms with Gasteiger partial charge in [0.15, 0.2) is 0 Å². The van der Waals surface area contributed by atoms with E-state index in [0.717, 1.165) is 12.1 Å². The molecule has 0 bridgehead atoms. The monoisotopic (exact) mass is 233 g/mol. The second-order valence-corrected chi connectivity index (χ2v) is 5.45. The van der Waals surface area contributed by atoms with E-state index in [1.807, 2.05) is 12.1 Å². The SMILES string of the molecule is CC1(NCc2ccc(CO)cc2)CCCCC1. The minimum Gasteiger partial charge on any atom is -0.392 e. The van der Waals surface area contributed by atoms with Crippen molar-refractivity contribution in [2.24, 2.45) is 0 Å². The highest BCUT2D eigenvalue weighted by Crippen LogP contribution is 2.27. The molecule has 2 heteroatoms. The summed E-state index contributed by atoms with van der Waals surface area (Å²) in [4.78, 5) is 0. The lowest BCUT2D eigenvalue weighted by molar-refractivity contribution is 0.252. The zero-order chi connectivity index (χ0) is 12.1. The predicted molar refractivity (Wildman–Crippen MR) is 70.7 cm³/mol. The van der Waals surface area contributed by atoms with Gasteiger partial charge in [0.05, 0.1) is 6.61 Å². The summed E-state index contributed by atoms with van der Waals surface area (Å²) in [6.07, 6.45) is 6.69. The Morgan fingerprint density at radius 3 is 2.24 bits per heavy atom. The van der Waals surface area contributed by atoms with Crippen LogP contribution in [0.2, 0.25) is 0 Å². The molecule has 2 rings (SSSR count). The Balaban J connectivity index is 1.87. The Bertz CT molecular complexity index is 338. The Labute approximate surface area is 104 Å². The van der Waals surface area contributed by atoms with Crippen molar-refractivity contribution < 1.29 is 5.11 Å². The number of nitrogens with one attached hydrogen (secondary N) is 1. The van der Waals surface area contributed by atoms with Crippen LogP contribution in [-0.4, -0.2) is 10.6 Å². The van der Waals surface area contributed by atoms with Crippen molar-refractivity contribution in [3.05, 3.63) is 35.4 Å². The van der Waals surface area contributed by atoms with Crippen molar-refractivity contribution in [2.75, 3.05) is 0 Å².